The van der Waals surface area contributed by atoms with Crippen molar-refractivity contribution >= 4 is 10.9 Å². The van der Waals surface area contributed by atoms with Crippen molar-refractivity contribution in [3.63, 3.8) is 0 Å². The van der Waals surface area contributed by atoms with Crippen LogP contribution in [0.2, 0.25) is 0 Å². The van der Waals surface area contributed by atoms with Gasteiger partial charge in [-0.3, -0.25) is 4.98 Å². The first-order valence-corrected chi connectivity index (χ1v) is 6.85. The first-order chi connectivity index (χ1) is 8.77. The third kappa shape index (κ3) is 1.42. The summed E-state index contributed by atoms with van der Waals surface area (Å²) in [5.41, 5.74) is 1.42. The van der Waals surface area contributed by atoms with Gasteiger partial charge in [0, 0.05) is 17.1 Å². The fourth-order valence-corrected chi connectivity index (χ4v) is 3.64. The Labute approximate surface area is 107 Å². The van der Waals surface area contributed by atoms with Crippen molar-refractivity contribution in [3.8, 4) is 0 Å². The zero-order valence-electron chi connectivity index (χ0n) is 10.3. The van der Waals surface area contributed by atoms with E-state index in [1.165, 1.54) is 12.8 Å². The van der Waals surface area contributed by atoms with Gasteiger partial charge in [0.05, 0.1) is 11.1 Å². The highest BCUT2D eigenvalue weighted by Crippen LogP contribution is 2.58. The molecule has 4 rings (SSSR count). The van der Waals surface area contributed by atoms with Crippen LogP contribution in [-0.4, -0.2) is 10.1 Å². The molecule has 1 aromatic carbocycles. The zero-order valence-corrected chi connectivity index (χ0v) is 10.3. The largest absolute Gasteiger partial charge is 0.385 e. The molecule has 18 heavy (non-hydrogen) atoms. The summed E-state index contributed by atoms with van der Waals surface area (Å²) in [5, 5.41) is 12.1. The Balaban J connectivity index is 1.82. The van der Waals surface area contributed by atoms with Gasteiger partial charge >= 0.3 is 0 Å². The van der Waals surface area contributed by atoms with Crippen molar-refractivity contribution in [2.75, 3.05) is 0 Å². The molecule has 92 valence electrons. The molecule has 1 heterocycles. The van der Waals surface area contributed by atoms with Crippen LogP contribution in [0, 0.1) is 11.8 Å². The van der Waals surface area contributed by atoms with E-state index in [-0.39, 0.29) is 0 Å². The number of benzene rings is 1. The smallest absolute Gasteiger partial charge is 0.0942 e. The van der Waals surface area contributed by atoms with Crippen molar-refractivity contribution in [2.24, 2.45) is 11.8 Å². The minimum absolute atomic E-state index is 0.481. The molecule has 2 fully saturated rings. The van der Waals surface area contributed by atoms with Gasteiger partial charge in [0.15, 0.2) is 0 Å². The first-order valence-electron chi connectivity index (χ1n) is 6.85. The molecule has 2 aliphatic carbocycles. The molecule has 2 nitrogen and oxygen atoms in total. The Bertz CT molecular complexity index is 609. The van der Waals surface area contributed by atoms with Crippen molar-refractivity contribution in [1.82, 2.24) is 4.98 Å². The number of nitrogens with zero attached hydrogens (tertiary/aromatic N) is 1. The van der Waals surface area contributed by atoms with Crippen molar-refractivity contribution in [2.45, 2.75) is 31.3 Å². The Morgan fingerprint density at radius 1 is 1.28 bits per heavy atom. The molecule has 0 amide bonds. The number of hydrogen-bond donors (Lipinski definition) is 1. The van der Waals surface area contributed by atoms with Gasteiger partial charge in [0.1, 0.15) is 0 Å². The molecule has 2 aliphatic rings. The van der Waals surface area contributed by atoms with Crippen LogP contribution in [0.5, 0.6) is 0 Å². The van der Waals surface area contributed by atoms with Crippen molar-refractivity contribution in [3.05, 3.63) is 42.1 Å². The van der Waals surface area contributed by atoms with Crippen LogP contribution in [0.4, 0.5) is 0 Å². The van der Waals surface area contributed by atoms with Gasteiger partial charge in [-0.05, 0) is 49.7 Å². The van der Waals surface area contributed by atoms with E-state index in [0.717, 1.165) is 35.2 Å². The molecule has 0 aliphatic heterocycles. The number of fused-ring (bicyclic) bond motifs is 2. The van der Waals surface area contributed by atoms with E-state index in [9.17, 15) is 5.11 Å². The number of para-hydroxylation sites is 1. The van der Waals surface area contributed by atoms with Gasteiger partial charge in [-0.15, -0.1) is 0 Å². The molecule has 0 spiro atoms. The quantitative estimate of drug-likeness (QED) is 0.828. The van der Waals surface area contributed by atoms with E-state index in [4.69, 9.17) is 0 Å². The van der Waals surface area contributed by atoms with Gasteiger partial charge < -0.3 is 5.11 Å². The van der Waals surface area contributed by atoms with Crippen LogP contribution >= 0.6 is 0 Å². The van der Waals surface area contributed by atoms with Crippen molar-refractivity contribution in [1.29, 1.82) is 0 Å². The van der Waals surface area contributed by atoms with Crippen LogP contribution < -0.4 is 0 Å². The predicted octanol–water partition coefficient (Wildman–Crippen LogP) is 3.24. The van der Waals surface area contributed by atoms with Gasteiger partial charge in [-0.25, -0.2) is 0 Å². The molecule has 0 radical (unpaired) electrons. The number of aromatic nitrogens is 1. The fraction of sp³-hybridized carbons (Fsp3) is 0.438. The summed E-state index contributed by atoms with van der Waals surface area (Å²) in [6.07, 6.45) is 6.42. The molecule has 1 N–H and O–H groups in total. The van der Waals surface area contributed by atoms with Gasteiger partial charge in [0.2, 0.25) is 0 Å². The second-order valence-electron chi connectivity index (χ2n) is 5.84. The maximum Gasteiger partial charge on any atom is 0.0942 e. The van der Waals surface area contributed by atoms with Crippen LogP contribution in [0.3, 0.4) is 0 Å². The molecule has 0 bridgehead atoms. The summed E-state index contributed by atoms with van der Waals surface area (Å²) < 4.78 is 0. The molecule has 2 saturated carbocycles. The molecule has 1 aromatic heterocycles. The fourth-order valence-electron chi connectivity index (χ4n) is 3.64. The average Bonchev–Trinajstić information content (AvgIpc) is 3.19. The van der Waals surface area contributed by atoms with Crippen LogP contribution in [0.15, 0.2) is 36.5 Å². The number of pyridine rings is 1. The second-order valence-corrected chi connectivity index (χ2v) is 5.84. The maximum atomic E-state index is 11.0. The topological polar surface area (TPSA) is 33.1 Å². The third-order valence-electron chi connectivity index (χ3n) is 4.76. The number of hydrogen-bond acceptors (Lipinski definition) is 2. The Kier molecular flexibility index (Phi) is 2.07. The highest BCUT2D eigenvalue weighted by molar-refractivity contribution is 5.79. The van der Waals surface area contributed by atoms with Crippen LogP contribution in [0.25, 0.3) is 10.9 Å². The molecule has 0 saturated heterocycles. The number of rotatable bonds is 1. The lowest BCUT2D eigenvalue weighted by molar-refractivity contribution is -0.0162. The average molecular weight is 239 g/mol. The van der Waals surface area contributed by atoms with Gasteiger partial charge in [-0.2, -0.15) is 0 Å². The minimum atomic E-state index is -0.611. The Morgan fingerprint density at radius 3 is 3.11 bits per heavy atom. The SMILES string of the molecule is OC1(c2cnc3ccccc3c2)CCCC2CC21. The summed E-state index contributed by atoms with van der Waals surface area (Å²) in [4.78, 5) is 4.49. The lowest BCUT2D eigenvalue weighted by atomic mass is 9.79. The monoisotopic (exact) mass is 239 g/mol. The van der Waals surface area contributed by atoms with E-state index in [1.807, 2.05) is 24.4 Å². The van der Waals surface area contributed by atoms with Crippen LogP contribution in [-0.2, 0) is 5.60 Å². The molecule has 3 unspecified atom stereocenters. The molecular weight excluding hydrogens is 222 g/mol. The van der Waals surface area contributed by atoms with E-state index in [1.54, 1.807) is 0 Å². The van der Waals surface area contributed by atoms with E-state index >= 15 is 0 Å². The maximum absolute atomic E-state index is 11.0. The highest BCUT2D eigenvalue weighted by atomic mass is 16.3. The Hall–Kier alpha value is -1.41. The molecule has 2 heteroatoms. The van der Waals surface area contributed by atoms with Gasteiger partial charge in [-0.1, -0.05) is 18.2 Å². The Morgan fingerprint density at radius 2 is 2.17 bits per heavy atom. The molecular formula is C16H17NO. The zero-order chi connectivity index (χ0) is 12.2. The molecule has 2 aromatic rings. The lowest BCUT2D eigenvalue weighted by Crippen LogP contribution is -2.31. The second kappa shape index (κ2) is 3.55. The van der Waals surface area contributed by atoms with Crippen LogP contribution in [0.1, 0.15) is 31.2 Å². The summed E-state index contributed by atoms with van der Waals surface area (Å²) in [6.45, 7) is 0. The highest BCUT2D eigenvalue weighted by Gasteiger charge is 2.54. The third-order valence-corrected chi connectivity index (χ3v) is 4.76. The lowest BCUT2D eigenvalue weighted by Gasteiger charge is -2.32. The summed E-state index contributed by atoms with van der Waals surface area (Å²) in [7, 11) is 0. The predicted molar refractivity (Wildman–Crippen MR) is 71.1 cm³/mol. The molecule has 3 atom stereocenters. The van der Waals surface area contributed by atoms with Crippen molar-refractivity contribution < 1.29 is 5.11 Å². The van der Waals surface area contributed by atoms with E-state index in [2.05, 4.69) is 17.1 Å². The number of aliphatic hydroxyl groups is 1. The normalized spacial score (nSPS) is 34.3. The standard InChI is InChI=1S/C16H17NO/c18-16(7-3-5-11-9-14(11)16)13-8-12-4-1-2-6-15(12)17-10-13/h1-2,4,6,8,10-11,14,18H,3,5,7,9H2. The van der Waals surface area contributed by atoms with E-state index in [0.29, 0.717) is 5.92 Å². The van der Waals surface area contributed by atoms with Gasteiger partial charge in [0.25, 0.3) is 0 Å². The summed E-state index contributed by atoms with van der Waals surface area (Å²) in [5.74, 6) is 1.24. The summed E-state index contributed by atoms with van der Waals surface area (Å²) >= 11 is 0. The van der Waals surface area contributed by atoms with E-state index < -0.39 is 5.60 Å². The first kappa shape index (κ1) is 10.5. The minimum Gasteiger partial charge on any atom is -0.385 e. The summed E-state index contributed by atoms with van der Waals surface area (Å²) in [6, 6.07) is 10.2.